The van der Waals surface area contributed by atoms with Gasteiger partial charge in [-0.25, -0.2) is 0 Å². The van der Waals surface area contributed by atoms with Crippen molar-refractivity contribution < 1.29 is 9.59 Å². The van der Waals surface area contributed by atoms with E-state index < -0.39 is 5.92 Å². The maximum Gasteiger partial charge on any atom is 0.236 e. The molecule has 10 nitrogen and oxygen atoms in total. The van der Waals surface area contributed by atoms with Gasteiger partial charge in [0.1, 0.15) is 10.8 Å². The number of nitrogens with zero attached hydrogens (tertiary/aromatic N) is 6. The highest BCUT2D eigenvalue weighted by Crippen LogP contribution is 2.51. The van der Waals surface area contributed by atoms with Gasteiger partial charge >= 0.3 is 0 Å². The zero-order chi connectivity index (χ0) is 28.6. The van der Waals surface area contributed by atoms with Gasteiger partial charge in [-0.2, -0.15) is 5.26 Å². The molecule has 1 aliphatic carbocycles. The number of aromatic nitrogens is 4. The van der Waals surface area contributed by atoms with E-state index in [0.29, 0.717) is 38.6 Å². The third-order valence-corrected chi connectivity index (χ3v) is 9.83. The summed E-state index contributed by atoms with van der Waals surface area (Å²) in [5.41, 5.74) is 9.94. The summed E-state index contributed by atoms with van der Waals surface area (Å²) in [4.78, 5) is 27.9. The molecule has 13 heteroatoms. The summed E-state index contributed by atoms with van der Waals surface area (Å²) in [5, 5.41) is 31.4. The number of hydrogen-bond acceptors (Lipinski definition) is 12. The van der Waals surface area contributed by atoms with Gasteiger partial charge in [-0.15, -0.1) is 20.4 Å². The minimum atomic E-state index is -0.542. The Bertz CT molecular complexity index is 1600. The largest absolute Gasteiger partial charge is 0.384 e. The first-order valence-electron chi connectivity index (χ1n) is 12.7. The van der Waals surface area contributed by atoms with E-state index in [1.54, 1.807) is 4.90 Å². The van der Waals surface area contributed by atoms with E-state index in [9.17, 15) is 14.9 Å². The number of hydrogen-bond donors (Lipinski definition) is 2. The van der Waals surface area contributed by atoms with Crippen LogP contribution in [0.25, 0.3) is 0 Å². The molecule has 2 aliphatic rings. The van der Waals surface area contributed by atoms with Crippen LogP contribution in [0.2, 0.25) is 0 Å². The Morgan fingerprint density at radius 2 is 2.00 bits per heavy atom. The van der Waals surface area contributed by atoms with Crippen molar-refractivity contribution in [2.75, 3.05) is 16.0 Å². The van der Waals surface area contributed by atoms with Crippen LogP contribution < -0.4 is 16.0 Å². The zero-order valence-corrected chi connectivity index (χ0v) is 25.0. The third kappa shape index (κ3) is 5.39. The Balaban J connectivity index is 1.46. The summed E-state index contributed by atoms with van der Waals surface area (Å²) >= 11 is 3.85. The molecule has 1 amide bonds. The third-order valence-electron chi connectivity index (χ3n) is 6.81. The highest BCUT2D eigenvalue weighted by molar-refractivity contribution is 8.01. The molecule has 0 radical (unpaired) electrons. The lowest BCUT2D eigenvalue weighted by atomic mass is 9.68. The number of nitriles is 1. The van der Waals surface area contributed by atoms with Crippen molar-refractivity contribution in [3.63, 3.8) is 0 Å². The number of carbonyl (C=O) groups is 2. The van der Waals surface area contributed by atoms with E-state index in [1.165, 1.54) is 34.4 Å². The number of Topliss-reactive ketones (excluding diaryl/α,β-unsaturated/α-hetero) is 1. The predicted molar refractivity (Wildman–Crippen MR) is 157 cm³/mol. The number of nitrogens with two attached hydrogens (primary N) is 1. The van der Waals surface area contributed by atoms with Crippen molar-refractivity contribution in [3.05, 3.63) is 63.1 Å². The van der Waals surface area contributed by atoms with Gasteiger partial charge in [0.2, 0.25) is 16.2 Å². The van der Waals surface area contributed by atoms with Gasteiger partial charge in [0.25, 0.3) is 0 Å². The van der Waals surface area contributed by atoms with Crippen molar-refractivity contribution in [1.82, 2.24) is 20.4 Å². The van der Waals surface area contributed by atoms with Crippen molar-refractivity contribution >= 4 is 56.4 Å². The van der Waals surface area contributed by atoms with Crippen molar-refractivity contribution in [2.24, 2.45) is 11.1 Å². The summed E-state index contributed by atoms with van der Waals surface area (Å²) in [6.07, 6.45) is 1.72. The maximum atomic E-state index is 13.7. The predicted octanol–water partition coefficient (Wildman–Crippen LogP) is 4.93. The molecule has 3 heterocycles. The van der Waals surface area contributed by atoms with Gasteiger partial charge in [-0.1, -0.05) is 79.5 Å². The van der Waals surface area contributed by atoms with Crippen LogP contribution in [-0.4, -0.2) is 37.8 Å². The highest BCUT2D eigenvalue weighted by atomic mass is 32.2. The zero-order valence-electron chi connectivity index (χ0n) is 22.5. The normalized spacial score (nSPS) is 18.5. The number of nitrogens with one attached hydrogen (secondary N) is 1. The number of rotatable bonds is 7. The molecule has 1 aromatic carbocycles. The van der Waals surface area contributed by atoms with Gasteiger partial charge in [-0.3, -0.25) is 19.8 Å². The molecule has 206 valence electrons. The molecular formula is C27H28N8O2S3. The molecule has 0 fully saturated rings. The Morgan fingerprint density at radius 3 is 2.70 bits per heavy atom. The lowest BCUT2D eigenvalue weighted by molar-refractivity contribution is -0.118. The minimum absolute atomic E-state index is 0.00319. The van der Waals surface area contributed by atoms with Gasteiger partial charge in [0.15, 0.2) is 10.1 Å². The Kier molecular flexibility index (Phi) is 7.76. The van der Waals surface area contributed by atoms with E-state index in [0.717, 1.165) is 28.3 Å². The van der Waals surface area contributed by atoms with Gasteiger partial charge < -0.3 is 5.73 Å². The lowest BCUT2D eigenvalue weighted by Gasteiger charge is -2.42. The van der Waals surface area contributed by atoms with E-state index in [2.05, 4.69) is 45.6 Å². The molecule has 0 spiro atoms. The van der Waals surface area contributed by atoms with Gasteiger partial charge in [-0.05, 0) is 36.3 Å². The SMILES string of the molecule is CCc1nnc(NC(=O)CSc2nnc(N3C(N)=C(C#N)C(c4ccccc4C)C4=C3CC(C)(C)CC4=O)s2)s1. The highest BCUT2D eigenvalue weighted by Gasteiger charge is 2.45. The molecule has 3 aromatic rings. The molecule has 5 rings (SSSR count). The summed E-state index contributed by atoms with van der Waals surface area (Å²) in [5.74, 6) is -0.411. The number of anilines is 2. The summed E-state index contributed by atoms with van der Waals surface area (Å²) in [6, 6.07) is 10.1. The van der Waals surface area contributed by atoms with Crippen LogP contribution in [0, 0.1) is 23.7 Å². The maximum absolute atomic E-state index is 13.7. The molecule has 0 saturated carbocycles. The first kappa shape index (κ1) is 27.9. The fraction of sp³-hybridized carbons (Fsp3) is 0.370. The fourth-order valence-electron chi connectivity index (χ4n) is 5.03. The topological polar surface area (TPSA) is 151 Å². The van der Waals surface area contributed by atoms with Crippen LogP contribution in [0.4, 0.5) is 10.3 Å². The van der Waals surface area contributed by atoms with Crippen LogP contribution >= 0.6 is 34.4 Å². The molecule has 0 bridgehead atoms. The van der Waals surface area contributed by atoms with Crippen LogP contribution in [0.3, 0.4) is 0 Å². The number of aryl methyl sites for hydroxylation is 2. The number of allylic oxidation sites excluding steroid dienone is 3. The Hall–Kier alpha value is -3.60. The summed E-state index contributed by atoms with van der Waals surface area (Å²) < 4.78 is 0.563. The summed E-state index contributed by atoms with van der Waals surface area (Å²) in [6.45, 7) is 8.06. The Morgan fingerprint density at radius 1 is 1.23 bits per heavy atom. The van der Waals surface area contributed by atoms with E-state index >= 15 is 0 Å². The fourth-order valence-corrected chi connectivity index (χ4v) is 7.41. The molecule has 1 atom stereocenters. The van der Waals surface area contributed by atoms with Crippen LogP contribution in [-0.2, 0) is 16.0 Å². The van der Waals surface area contributed by atoms with Gasteiger partial charge in [0, 0.05) is 17.7 Å². The first-order valence-corrected chi connectivity index (χ1v) is 15.3. The first-order chi connectivity index (χ1) is 19.1. The molecule has 3 N–H and O–H groups in total. The quantitative estimate of drug-likeness (QED) is 0.361. The standard InChI is InChI=1S/C27H28N8O2S3/c1-5-20-31-32-24(39-20)30-19(37)13-38-26-34-33-25(40-26)35-17-10-27(3,4)11-18(36)22(17)21(16(12-28)23(35)29)15-9-7-6-8-14(15)2/h6-9,21H,5,10-11,13,29H2,1-4H3,(H,30,32,37). The van der Waals surface area contributed by atoms with Crippen molar-refractivity contribution in [3.8, 4) is 6.07 Å². The number of carbonyl (C=O) groups excluding carboxylic acids is 2. The lowest BCUT2D eigenvalue weighted by Crippen LogP contribution is -2.42. The minimum Gasteiger partial charge on any atom is -0.384 e. The van der Waals surface area contributed by atoms with Crippen LogP contribution in [0.1, 0.15) is 55.7 Å². The number of ketones is 1. The molecule has 1 unspecified atom stereocenters. The Labute approximate surface area is 244 Å². The average Bonchev–Trinajstić information content (AvgIpc) is 3.56. The van der Waals surface area contributed by atoms with Crippen LogP contribution in [0.15, 0.2) is 51.3 Å². The second kappa shape index (κ2) is 11.1. The smallest absolute Gasteiger partial charge is 0.236 e. The van der Waals surface area contributed by atoms with E-state index in [1.807, 2.05) is 38.1 Å². The van der Waals surface area contributed by atoms with E-state index in [4.69, 9.17) is 5.73 Å². The van der Waals surface area contributed by atoms with Crippen molar-refractivity contribution in [1.29, 1.82) is 5.26 Å². The number of benzene rings is 1. The molecule has 2 aromatic heterocycles. The van der Waals surface area contributed by atoms with Crippen LogP contribution in [0.5, 0.6) is 0 Å². The molecular weight excluding hydrogens is 565 g/mol. The monoisotopic (exact) mass is 592 g/mol. The van der Waals surface area contributed by atoms with E-state index in [-0.39, 0.29) is 28.7 Å². The second-order valence-corrected chi connectivity index (χ2v) is 13.6. The van der Waals surface area contributed by atoms with Gasteiger partial charge in [0.05, 0.1) is 23.3 Å². The molecule has 40 heavy (non-hydrogen) atoms. The second-order valence-electron chi connectivity index (χ2n) is 10.4. The molecule has 1 aliphatic heterocycles. The van der Waals surface area contributed by atoms with Crippen molar-refractivity contribution in [2.45, 2.75) is 57.2 Å². The molecule has 0 saturated heterocycles. The average molecular weight is 593 g/mol. The number of thioether (sulfide) groups is 1. The summed E-state index contributed by atoms with van der Waals surface area (Å²) in [7, 11) is 0. The number of amides is 1.